The summed E-state index contributed by atoms with van der Waals surface area (Å²) in [5.41, 5.74) is 0.379. The highest BCUT2D eigenvalue weighted by molar-refractivity contribution is 7.09. The van der Waals surface area contributed by atoms with Crippen LogP contribution in [0.3, 0.4) is 0 Å². The lowest BCUT2D eigenvalue weighted by Gasteiger charge is -2.06. The topological polar surface area (TPSA) is 71.5 Å². The van der Waals surface area contributed by atoms with Gasteiger partial charge in [0.25, 0.3) is 5.91 Å². The maximum Gasteiger partial charge on any atom is 0.251 e. The first-order valence-corrected chi connectivity index (χ1v) is 6.12. The number of thiazole rings is 1. The number of phenols is 1. The summed E-state index contributed by atoms with van der Waals surface area (Å²) >= 11 is 1.47. The van der Waals surface area contributed by atoms with Crippen LogP contribution in [0.25, 0.3) is 0 Å². The van der Waals surface area contributed by atoms with E-state index in [2.05, 4.69) is 10.3 Å². The number of carbonyl (C=O) groups is 1. The first-order valence-electron chi connectivity index (χ1n) is 5.24. The molecule has 0 aliphatic heterocycles. The smallest absolute Gasteiger partial charge is 0.251 e. The van der Waals surface area contributed by atoms with Crippen molar-refractivity contribution < 1.29 is 14.6 Å². The Morgan fingerprint density at radius 3 is 3.00 bits per heavy atom. The minimum atomic E-state index is -0.261. The molecule has 1 aromatic heterocycles. The Morgan fingerprint density at radius 2 is 2.39 bits per heavy atom. The van der Waals surface area contributed by atoms with Crippen LogP contribution in [-0.2, 0) is 6.54 Å². The third kappa shape index (κ3) is 2.78. The average Bonchev–Trinajstić information content (AvgIpc) is 2.89. The number of ether oxygens (including phenoxy) is 1. The van der Waals surface area contributed by atoms with Crippen molar-refractivity contribution in [3.8, 4) is 11.5 Å². The molecule has 0 bridgehead atoms. The average molecular weight is 264 g/mol. The van der Waals surface area contributed by atoms with Crippen molar-refractivity contribution in [1.82, 2.24) is 10.3 Å². The summed E-state index contributed by atoms with van der Waals surface area (Å²) in [5.74, 6) is 0.0222. The molecule has 1 aromatic carbocycles. The molecule has 2 N–H and O–H groups in total. The van der Waals surface area contributed by atoms with E-state index in [1.54, 1.807) is 18.3 Å². The lowest BCUT2D eigenvalue weighted by Crippen LogP contribution is -2.22. The minimum Gasteiger partial charge on any atom is -0.504 e. The number of amides is 1. The molecule has 1 heterocycles. The summed E-state index contributed by atoms with van der Waals surface area (Å²) in [6.45, 7) is 0.378. The van der Waals surface area contributed by atoms with E-state index in [0.29, 0.717) is 17.9 Å². The molecule has 0 unspecified atom stereocenters. The van der Waals surface area contributed by atoms with Gasteiger partial charge in [0.05, 0.1) is 13.7 Å². The number of phenolic OH excluding ortho intramolecular Hbond substituents is 1. The maximum atomic E-state index is 11.8. The van der Waals surface area contributed by atoms with Gasteiger partial charge < -0.3 is 15.2 Å². The zero-order valence-electron chi connectivity index (χ0n) is 9.71. The van der Waals surface area contributed by atoms with Crippen molar-refractivity contribution in [2.45, 2.75) is 6.54 Å². The fourth-order valence-corrected chi connectivity index (χ4v) is 1.99. The van der Waals surface area contributed by atoms with Crippen molar-refractivity contribution in [3.63, 3.8) is 0 Å². The Labute approximate surface area is 108 Å². The molecule has 94 valence electrons. The number of aromatic hydroxyl groups is 1. The third-order valence-corrected chi connectivity index (χ3v) is 3.10. The summed E-state index contributed by atoms with van der Waals surface area (Å²) in [5, 5.41) is 15.0. The molecular formula is C12H12N2O3S. The normalized spacial score (nSPS) is 10.1. The standard InChI is InChI=1S/C12H12N2O3S/c1-17-10-3-2-8(6-9(10)15)12(16)14-7-11-13-4-5-18-11/h2-6,15H,7H2,1H3,(H,14,16). The zero-order chi connectivity index (χ0) is 13.0. The highest BCUT2D eigenvalue weighted by Gasteiger charge is 2.09. The number of nitrogens with one attached hydrogen (secondary N) is 1. The molecule has 0 atom stereocenters. The van der Waals surface area contributed by atoms with Crippen molar-refractivity contribution in [3.05, 3.63) is 40.3 Å². The summed E-state index contributed by atoms with van der Waals surface area (Å²) in [4.78, 5) is 15.9. The van der Waals surface area contributed by atoms with Gasteiger partial charge in [-0.2, -0.15) is 0 Å². The second-order valence-electron chi connectivity index (χ2n) is 3.50. The van der Waals surface area contributed by atoms with Gasteiger partial charge in [-0.3, -0.25) is 4.79 Å². The quantitative estimate of drug-likeness (QED) is 0.883. The Bertz CT molecular complexity index is 540. The Hall–Kier alpha value is -2.08. The predicted octanol–water partition coefficient (Wildman–Crippen LogP) is 1.79. The SMILES string of the molecule is COc1ccc(C(=O)NCc2nccs2)cc1O. The van der Waals surface area contributed by atoms with Gasteiger partial charge in [-0.1, -0.05) is 0 Å². The first-order chi connectivity index (χ1) is 8.70. The van der Waals surface area contributed by atoms with Crippen LogP contribution in [-0.4, -0.2) is 23.1 Å². The van der Waals surface area contributed by atoms with Gasteiger partial charge in [-0.15, -0.1) is 11.3 Å². The zero-order valence-corrected chi connectivity index (χ0v) is 10.5. The third-order valence-electron chi connectivity index (χ3n) is 2.32. The molecule has 0 saturated heterocycles. The van der Waals surface area contributed by atoms with Crippen LogP contribution >= 0.6 is 11.3 Å². The summed E-state index contributed by atoms with van der Waals surface area (Å²) < 4.78 is 4.91. The van der Waals surface area contributed by atoms with Crippen LogP contribution in [0.2, 0.25) is 0 Å². The first kappa shape index (κ1) is 12.4. The second kappa shape index (κ2) is 5.50. The Kier molecular flexibility index (Phi) is 3.78. The number of hydrogen-bond acceptors (Lipinski definition) is 5. The maximum absolute atomic E-state index is 11.8. The highest BCUT2D eigenvalue weighted by atomic mass is 32.1. The summed E-state index contributed by atoms with van der Waals surface area (Å²) in [6, 6.07) is 4.51. The summed E-state index contributed by atoms with van der Waals surface area (Å²) in [7, 11) is 1.46. The molecule has 0 aliphatic rings. The molecular weight excluding hydrogens is 252 g/mol. The number of carbonyl (C=O) groups excluding carboxylic acids is 1. The molecule has 5 nitrogen and oxygen atoms in total. The summed E-state index contributed by atoms with van der Waals surface area (Å²) in [6.07, 6.45) is 1.69. The van der Waals surface area contributed by atoms with E-state index < -0.39 is 0 Å². The molecule has 2 rings (SSSR count). The van der Waals surface area contributed by atoms with Crippen molar-refractivity contribution in [1.29, 1.82) is 0 Å². The van der Waals surface area contributed by atoms with Crippen LogP contribution < -0.4 is 10.1 Å². The van der Waals surface area contributed by atoms with Crippen LogP contribution in [0.15, 0.2) is 29.8 Å². The molecule has 2 aromatic rings. The largest absolute Gasteiger partial charge is 0.504 e. The molecule has 0 radical (unpaired) electrons. The van der Waals surface area contributed by atoms with Gasteiger partial charge in [0, 0.05) is 17.1 Å². The van der Waals surface area contributed by atoms with E-state index in [0.717, 1.165) is 5.01 Å². The molecule has 0 saturated carbocycles. The highest BCUT2D eigenvalue weighted by Crippen LogP contribution is 2.26. The number of methoxy groups -OCH3 is 1. The van der Waals surface area contributed by atoms with Crippen LogP contribution in [0.5, 0.6) is 11.5 Å². The van der Waals surface area contributed by atoms with E-state index in [4.69, 9.17) is 4.74 Å². The lowest BCUT2D eigenvalue weighted by atomic mass is 10.2. The van der Waals surface area contributed by atoms with Gasteiger partial charge in [0.15, 0.2) is 11.5 Å². The van der Waals surface area contributed by atoms with Gasteiger partial charge in [0.2, 0.25) is 0 Å². The van der Waals surface area contributed by atoms with E-state index in [1.165, 1.54) is 24.5 Å². The van der Waals surface area contributed by atoms with Crippen LogP contribution in [0.1, 0.15) is 15.4 Å². The van der Waals surface area contributed by atoms with Gasteiger partial charge in [-0.05, 0) is 18.2 Å². The molecule has 0 aliphatic carbocycles. The fourth-order valence-electron chi connectivity index (χ4n) is 1.43. The number of hydrogen-bond donors (Lipinski definition) is 2. The predicted molar refractivity (Wildman–Crippen MR) is 67.9 cm³/mol. The second-order valence-corrected chi connectivity index (χ2v) is 4.47. The van der Waals surface area contributed by atoms with E-state index >= 15 is 0 Å². The van der Waals surface area contributed by atoms with Crippen molar-refractivity contribution in [2.75, 3.05) is 7.11 Å². The minimum absolute atomic E-state index is 0.0561. The number of nitrogens with zero attached hydrogens (tertiary/aromatic N) is 1. The number of benzene rings is 1. The van der Waals surface area contributed by atoms with E-state index in [9.17, 15) is 9.90 Å². The van der Waals surface area contributed by atoms with Crippen molar-refractivity contribution in [2.24, 2.45) is 0 Å². The monoisotopic (exact) mass is 264 g/mol. The molecule has 0 fully saturated rings. The van der Waals surface area contributed by atoms with Gasteiger partial charge >= 0.3 is 0 Å². The van der Waals surface area contributed by atoms with Gasteiger partial charge in [-0.25, -0.2) is 4.98 Å². The van der Waals surface area contributed by atoms with Crippen LogP contribution in [0.4, 0.5) is 0 Å². The van der Waals surface area contributed by atoms with Gasteiger partial charge in [0.1, 0.15) is 5.01 Å². The number of rotatable bonds is 4. The molecule has 1 amide bonds. The fraction of sp³-hybridized carbons (Fsp3) is 0.167. The van der Waals surface area contributed by atoms with Crippen molar-refractivity contribution >= 4 is 17.2 Å². The number of aromatic nitrogens is 1. The lowest BCUT2D eigenvalue weighted by molar-refractivity contribution is 0.0950. The van der Waals surface area contributed by atoms with Crippen LogP contribution in [0, 0.1) is 0 Å². The molecule has 6 heteroatoms. The Balaban J connectivity index is 2.02. The van der Waals surface area contributed by atoms with E-state index in [1.807, 2.05) is 5.38 Å². The molecule has 0 spiro atoms. The Morgan fingerprint density at radius 1 is 1.56 bits per heavy atom. The molecule has 18 heavy (non-hydrogen) atoms. The van der Waals surface area contributed by atoms with E-state index in [-0.39, 0.29) is 11.7 Å².